The summed E-state index contributed by atoms with van der Waals surface area (Å²) in [5.41, 5.74) is 3.78. The van der Waals surface area contributed by atoms with Gasteiger partial charge in [-0.05, 0) is 57.6 Å². The third-order valence-corrected chi connectivity index (χ3v) is 3.76. The Morgan fingerprint density at radius 3 is 2.50 bits per heavy atom. The van der Waals surface area contributed by atoms with E-state index in [-0.39, 0.29) is 24.1 Å². The van der Waals surface area contributed by atoms with Gasteiger partial charge in [0, 0.05) is 12.6 Å². The summed E-state index contributed by atoms with van der Waals surface area (Å²) < 4.78 is 0. The fourth-order valence-electron chi connectivity index (χ4n) is 2.66. The highest BCUT2D eigenvalue weighted by molar-refractivity contribution is 5.74. The van der Waals surface area contributed by atoms with Gasteiger partial charge in [-0.25, -0.2) is 4.79 Å². The van der Waals surface area contributed by atoms with Crippen molar-refractivity contribution < 1.29 is 9.90 Å². The van der Waals surface area contributed by atoms with Gasteiger partial charge in [-0.2, -0.15) is 0 Å². The fourth-order valence-corrected chi connectivity index (χ4v) is 2.66. The maximum Gasteiger partial charge on any atom is 0.315 e. The number of rotatable bonds is 7. The van der Waals surface area contributed by atoms with Gasteiger partial charge in [-0.1, -0.05) is 30.7 Å². The quantitative estimate of drug-likeness (QED) is 0.725. The van der Waals surface area contributed by atoms with Crippen molar-refractivity contribution >= 4 is 6.03 Å². The van der Waals surface area contributed by atoms with Crippen molar-refractivity contribution in [1.29, 1.82) is 0 Å². The van der Waals surface area contributed by atoms with Crippen molar-refractivity contribution in [3.63, 3.8) is 0 Å². The highest BCUT2D eigenvalue weighted by Gasteiger charge is 2.11. The van der Waals surface area contributed by atoms with E-state index in [2.05, 4.69) is 42.7 Å². The van der Waals surface area contributed by atoms with Gasteiger partial charge in [0.25, 0.3) is 0 Å². The van der Waals surface area contributed by atoms with E-state index in [1.807, 2.05) is 13.8 Å². The summed E-state index contributed by atoms with van der Waals surface area (Å²) in [7, 11) is 0. The van der Waals surface area contributed by atoms with Crippen LogP contribution in [0, 0.1) is 19.8 Å². The van der Waals surface area contributed by atoms with Crippen molar-refractivity contribution in [1.82, 2.24) is 10.6 Å². The molecule has 22 heavy (non-hydrogen) atoms. The zero-order chi connectivity index (χ0) is 16.7. The summed E-state index contributed by atoms with van der Waals surface area (Å²) in [6.45, 7) is 10.6. The Morgan fingerprint density at radius 2 is 1.91 bits per heavy atom. The Hall–Kier alpha value is -1.55. The first-order valence-corrected chi connectivity index (χ1v) is 8.06. The molecule has 4 heteroatoms. The molecule has 0 saturated carbocycles. The van der Waals surface area contributed by atoms with Crippen LogP contribution < -0.4 is 10.6 Å². The van der Waals surface area contributed by atoms with Gasteiger partial charge in [0.2, 0.25) is 0 Å². The average Bonchev–Trinajstić information content (AvgIpc) is 2.39. The van der Waals surface area contributed by atoms with Gasteiger partial charge in [0.15, 0.2) is 0 Å². The minimum absolute atomic E-state index is 0.0773. The summed E-state index contributed by atoms with van der Waals surface area (Å²) in [5.74, 6) is 0.264. The van der Waals surface area contributed by atoms with Gasteiger partial charge in [0.1, 0.15) is 0 Å². The smallest absolute Gasteiger partial charge is 0.315 e. The molecule has 1 rings (SSSR count). The number of amides is 2. The van der Waals surface area contributed by atoms with Crippen molar-refractivity contribution in [2.24, 2.45) is 5.92 Å². The van der Waals surface area contributed by atoms with Crippen molar-refractivity contribution in [2.45, 2.75) is 59.6 Å². The monoisotopic (exact) mass is 306 g/mol. The molecule has 0 aliphatic rings. The van der Waals surface area contributed by atoms with Crippen LogP contribution in [0.5, 0.6) is 0 Å². The molecule has 124 valence electrons. The number of aryl methyl sites for hydroxylation is 2. The van der Waals surface area contributed by atoms with Crippen molar-refractivity contribution in [3.8, 4) is 0 Å². The van der Waals surface area contributed by atoms with Crippen LogP contribution in [0.3, 0.4) is 0 Å². The Labute approximate surface area is 134 Å². The molecule has 3 atom stereocenters. The van der Waals surface area contributed by atoms with Gasteiger partial charge in [-0.15, -0.1) is 0 Å². The number of urea groups is 1. The molecule has 0 heterocycles. The van der Waals surface area contributed by atoms with Gasteiger partial charge < -0.3 is 15.7 Å². The summed E-state index contributed by atoms with van der Waals surface area (Å²) in [5, 5.41) is 15.1. The zero-order valence-corrected chi connectivity index (χ0v) is 14.4. The molecule has 0 aromatic heterocycles. The number of aliphatic hydroxyl groups excluding tert-OH is 1. The summed E-state index contributed by atoms with van der Waals surface area (Å²) >= 11 is 0. The number of carbonyl (C=O) groups is 1. The number of nitrogens with one attached hydrogen (secondary N) is 2. The second-order valence-corrected chi connectivity index (χ2v) is 6.58. The number of hydrogen-bond donors (Lipinski definition) is 3. The van der Waals surface area contributed by atoms with E-state index in [0.717, 1.165) is 6.42 Å². The Bertz CT molecular complexity index is 486. The molecule has 0 spiro atoms. The molecule has 3 N–H and O–H groups in total. The lowest BCUT2D eigenvalue weighted by atomic mass is 10.00. The first-order chi connectivity index (χ1) is 10.3. The highest BCUT2D eigenvalue weighted by Crippen LogP contribution is 2.12. The van der Waals surface area contributed by atoms with E-state index in [1.54, 1.807) is 6.92 Å². The van der Waals surface area contributed by atoms with Crippen LogP contribution in [0.2, 0.25) is 0 Å². The highest BCUT2D eigenvalue weighted by atomic mass is 16.3. The van der Waals surface area contributed by atoms with Gasteiger partial charge in [0.05, 0.1) is 6.10 Å². The fraction of sp³-hybridized carbons (Fsp3) is 0.611. The first-order valence-electron chi connectivity index (χ1n) is 8.06. The lowest BCUT2D eigenvalue weighted by Gasteiger charge is -2.18. The molecule has 1 aromatic carbocycles. The maximum absolute atomic E-state index is 11.9. The molecule has 0 fully saturated rings. The zero-order valence-electron chi connectivity index (χ0n) is 14.4. The summed E-state index contributed by atoms with van der Waals surface area (Å²) in [6.07, 6.45) is 1.18. The molecule has 0 saturated heterocycles. The van der Waals surface area contributed by atoms with Gasteiger partial charge >= 0.3 is 6.03 Å². The Morgan fingerprint density at radius 1 is 1.23 bits per heavy atom. The molecular formula is C18H30N2O2. The summed E-state index contributed by atoms with van der Waals surface area (Å²) in [6, 6.07) is 6.33. The van der Waals surface area contributed by atoms with Crippen LogP contribution in [0.25, 0.3) is 0 Å². The topological polar surface area (TPSA) is 61.4 Å². The predicted octanol–water partition coefficient (Wildman–Crippen LogP) is 2.94. The molecule has 0 aliphatic carbocycles. The first kappa shape index (κ1) is 18.5. The molecule has 2 amide bonds. The van der Waals surface area contributed by atoms with E-state index < -0.39 is 0 Å². The van der Waals surface area contributed by atoms with Crippen LogP contribution in [-0.2, 0) is 6.42 Å². The predicted molar refractivity (Wildman–Crippen MR) is 91.1 cm³/mol. The molecule has 0 radical (unpaired) electrons. The Balaban J connectivity index is 2.38. The SMILES string of the molecule is Cc1ccc(CC(C)NC(=O)NCC(C)CC(C)O)c(C)c1. The lowest BCUT2D eigenvalue weighted by molar-refractivity contribution is 0.163. The summed E-state index contributed by atoms with van der Waals surface area (Å²) in [4.78, 5) is 11.9. The molecule has 0 bridgehead atoms. The van der Waals surface area contributed by atoms with Gasteiger partial charge in [-0.3, -0.25) is 0 Å². The number of aliphatic hydroxyl groups is 1. The second-order valence-electron chi connectivity index (χ2n) is 6.58. The number of benzene rings is 1. The standard InChI is InChI=1S/C18H30N2O2/c1-12-6-7-17(14(3)8-12)10-15(4)20-18(22)19-11-13(2)9-16(5)21/h6-8,13,15-16,21H,9-11H2,1-5H3,(H2,19,20,22). The van der Waals surface area contributed by atoms with Crippen molar-refractivity contribution in [2.75, 3.05) is 6.54 Å². The van der Waals surface area contributed by atoms with Crippen molar-refractivity contribution in [3.05, 3.63) is 34.9 Å². The van der Waals surface area contributed by atoms with Crippen LogP contribution in [-0.4, -0.2) is 29.8 Å². The van der Waals surface area contributed by atoms with E-state index in [4.69, 9.17) is 0 Å². The van der Waals surface area contributed by atoms with Crippen LogP contribution in [0.4, 0.5) is 4.79 Å². The average molecular weight is 306 g/mol. The van der Waals surface area contributed by atoms with E-state index in [0.29, 0.717) is 13.0 Å². The van der Waals surface area contributed by atoms with E-state index >= 15 is 0 Å². The lowest BCUT2D eigenvalue weighted by Crippen LogP contribution is -2.43. The third-order valence-electron chi connectivity index (χ3n) is 3.76. The molecule has 1 aromatic rings. The third kappa shape index (κ3) is 6.94. The second kappa shape index (κ2) is 8.79. The minimum atomic E-state index is -0.330. The van der Waals surface area contributed by atoms with Crippen LogP contribution in [0.1, 0.15) is 43.9 Å². The van der Waals surface area contributed by atoms with E-state index in [9.17, 15) is 9.90 Å². The molecule has 4 nitrogen and oxygen atoms in total. The van der Waals surface area contributed by atoms with Crippen LogP contribution in [0.15, 0.2) is 18.2 Å². The van der Waals surface area contributed by atoms with Crippen LogP contribution >= 0.6 is 0 Å². The Kier molecular flexibility index (Phi) is 7.39. The largest absolute Gasteiger partial charge is 0.393 e. The molecule has 3 unspecified atom stereocenters. The normalized spacial score (nSPS) is 15.0. The number of carbonyl (C=O) groups excluding carboxylic acids is 1. The minimum Gasteiger partial charge on any atom is -0.393 e. The maximum atomic E-state index is 11.9. The van der Waals surface area contributed by atoms with E-state index in [1.165, 1.54) is 16.7 Å². The molecular weight excluding hydrogens is 276 g/mol. The number of hydrogen-bond acceptors (Lipinski definition) is 2. The molecule has 0 aliphatic heterocycles.